The number of nitrogens with zero attached hydrogens (tertiary/aromatic N) is 1. The molecule has 0 spiro atoms. The fourth-order valence-corrected chi connectivity index (χ4v) is 2.63. The van der Waals surface area contributed by atoms with Gasteiger partial charge in [0.1, 0.15) is 11.4 Å². The van der Waals surface area contributed by atoms with Gasteiger partial charge in [0, 0.05) is 5.39 Å². The summed E-state index contributed by atoms with van der Waals surface area (Å²) in [5, 5.41) is 0.995. The Kier molecular flexibility index (Phi) is 4.06. The minimum absolute atomic E-state index is 0.380. The predicted octanol–water partition coefficient (Wildman–Crippen LogP) is 5.10. The second kappa shape index (κ2) is 6.04. The number of fused-ring (bicyclic) bond motifs is 1. The van der Waals surface area contributed by atoms with Crippen LogP contribution in [0.25, 0.3) is 22.2 Å². The Labute approximate surface area is 141 Å². The summed E-state index contributed by atoms with van der Waals surface area (Å²) < 4.78 is 12.4. The first kappa shape index (κ1) is 16.1. The summed E-state index contributed by atoms with van der Waals surface area (Å²) in [5.74, 6) is 0.777. The molecule has 0 saturated heterocycles. The van der Waals surface area contributed by atoms with Crippen LogP contribution in [0, 0.1) is 0 Å². The number of hydrogen-bond donors (Lipinski definition) is 0. The molecule has 0 aliphatic heterocycles. The number of ether oxygens (including phenoxy) is 2. The highest BCUT2D eigenvalue weighted by molar-refractivity contribution is 5.96. The summed E-state index contributed by atoms with van der Waals surface area (Å²) in [7, 11) is 1.63. The minimum atomic E-state index is -0.556. The van der Waals surface area contributed by atoms with Crippen LogP contribution in [-0.2, 0) is 4.74 Å². The number of aromatic nitrogens is 1. The Hall–Kier alpha value is -2.75. The van der Waals surface area contributed by atoms with Crippen molar-refractivity contribution < 1.29 is 14.3 Å². The van der Waals surface area contributed by atoms with Crippen molar-refractivity contribution >= 4 is 17.0 Å². The second-order valence-electron chi connectivity index (χ2n) is 6.63. The molecular formula is C20H21NO3. The van der Waals surface area contributed by atoms with Gasteiger partial charge >= 0.3 is 6.09 Å². The maximum absolute atomic E-state index is 12.8. The van der Waals surface area contributed by atoms with Crippen LogP contribution in [0.4, 0.5) is 4.79 Å². The molecule has 4 heteroatoms. The van der Waals surface area contributed by atoms with E-state index in [0.717, 1.165) is 27.9 Å². The van der Waals surface area contributed by atoms with Gasteiger partial charge in [0.25, 0.3) is 0 Å². The third-order valence-electron chi connectivity index (χ3n) is 3.67. The molecule has 0 aliphatic carbocycles. The zero-order valence-electron chi connectivity index (χ0n) is 14.4. The van der Waals surface area contributed by atoms with Gasteiger partial charge in [0.05, 0.1) is 18.3 Å². The van der Waals surface area contributed by atoms with Gasteiger partial charge in [-0.25, -0.2) is 9.36 Å². The van der Waals surface area contributed by atoms with E-state index in [4.69, 9.17) is 9.47 Å². The van der Waals surface area contributed by atoms with Gasteiger partial charge < -0.3 is 9.47 Å². The Morgan fingerprint density at radius 2 is 1.67 bits per heavy atom. The van der Waals surface area contributed by atoms with E-state index >= 15 is 0 Å². The molecular weight excluding hydrogens is 302 g/mol. The molecule has 0 N–H and O–H groups in total. The van der Waals surface area contributed by atoms with Gasteiger partial charge in [-0.05, 0) is 62.7 Å². The zero-order chi connectivity index (χ0) is 17.3. The first-order chi connectivity index (χ1) is 11.4. The third-order valence-corrected chi connectivity index (χ3v) is 3.67. The van der Waals surface area contributed by atoms with E-state index in [0.29, 0.717) is 0 Å². The van der Waals surface area contributed by atoms with Crippen molar-refractivity contribution in [1.82, 2.24) is 4.57 Å². The van der Waals surface area contributed by atoms with E-state index in [1.807, 2.05) is 75.4 Å². The number of methoxy groups -OCH3 is 1. The molecule has 24 heavy (non-hydrogen) atoms. The summed E-state index contributed by atoms with van der Waals surface area (Å²) in [6.45, 7) is 5.59. The van der Waals surface area contributed by atoms with Crippen molar-refractivity contribution in [2.75, 3.05) is 7.11 Å². The first-order valence-corrected chi connectivity index (χ1v) is 7.87. The van der Waals surface area contributed by atoms with Crippen LogP contribution in [0.5, 0.6) is 5.75 Å². The third kappa shape index (κ3) is 3.13. The molecule has 0 saturated carbocycles. The van der Waals surface area contributed by atoms with E-state index < -0.39 is 5.60 Å². The van der Waals surface area contributed by atoms with E-state index in [1.165, 1.54) is 0 Å². The largest absolute Gasteiger partial charge is 0.497 e. The van der Waals surface area contributed by atoms with Gasteiger partial charge in [-0.2, -0.15) is 0 Å². The highest BCUT2D eigenvalue weighted by Crippen LogP contribution is 2.30. The second-order valence-corrected chi connectivity index (χ2v) is 6.63. The van der Waals surface area contributed by atoms with E-state index in [-0.39, 0.29) is 6.09 Å². The number of para-hydroxylation sites is 1. The Balaban J connectivity index is 2.15. The Morgan fingerprint density at radius 1 is 1.00 bits per heavy atom. The van der Waals surface area contributed by atoms with Crippen LogP contribution in [0.15, 0.2) is 54.6 Å². The number of carbonyl (C=O) groups excluding carboxylic acids is 1. The van der Waals surface area contributed by atoms with Crippen molar-refractivity contribution in [3.8, 4) is 17.0 Å². The molecule has 0 amide bonds. The molecule has 3 aromatic rings. The van der Waals surface area contributed by atoms with Crippen LogP contribution in [0.1, 0.15) is 20.8 Å². The van der Waals surface area contributed by atoms with Gasteiger partial charge in [0.15, 0.2) is 0 Å². The van der Waals surface area contributed by atoms with Crippen LogP contribution < -0.4 is 4.74 Å². The molecule has 2 aromatic carbocycles. The van der Waals surface area contributed by atoms with Gasteiger partial charge in [-0.15, -0.1) is 0 Å². The topological polar surface area (TPSA) is 40.5 Å². The average molecular weight is 323 g/mol. The lowest BCUT2D eigenvalue weighted by Gasteiger charge is -2.21. The monoisotopic (exact) mass is 323 g/mol. The molecule has 0 radical (unpaired) electrons. The smallest absolute Gasteiger partial charge is 0.419 e. The van der Waals surface area contributed by atoms with Crippen LogP contribution in [0.2, 0.25) is 0 Å². The van der Waals surface area contributed by atoms with E-state index in [9.17, 15) is 4.79 Å². The minimum Gasteiger partial charge on any atom is -0.497 e. The average Bonchev–Trinajstić information content (AvgIpc) is 2.93. The number of benzene rings is 2. The fourth-order valence-electron chi connectivity index (χ4n) is 2.63. The van der Waals surface area contributed by atoms with E-state index in [2.05, 4.69) is 0 Å². The lowest BCUT2D eigenvalue weighted by Crippen LogP contribution is -2.27. The summed E-state index contributed by atoms with van der Waals surface area (Å²) >= 11 is 0. The molecule has 4 nitrogen and oxygen atoms in total. The van der Waals surface area contributed by atoms with Crippen LogP contribution in [-0.4, -0.2) is 23.4 Å². The van der Waals surface area contributed by atoms with Gasteiger partial charge in [0.2, 0.25) is 0 Å². The normalized spacial score (nSPS) is 11.5. The van der Waals surface area contributed by atoms with E-state index in [1.54, 1.807) is 11.7 Å². The van der Waals surface area contributed by atoms with Crippen LogP contribution in [0.3, 0.4) is 0 Å². The molecule has 0 bridgehead atoms. The molecule has 0 atom stereocenters. The number of carbonyl (C=O) groups is 1. The van der Waals surface area contributed by atoms with Crippen molar-refractivity contribution in [1.29, 1.82) is 0 Å². The SMILES string of the molecule is COc1ccc(-c2cc3ccccc3n2C(=O)OC(C)(C)C)cc1. The Bertz CT molecular complexity index is 870. The number of rotatable bonds is 2. The molecule has 0 unspecified atom stereocenters. The lowest BCUT2D eigenvalue weighted by atomic mass is 10.1. The summed E-state index contributed by atoms with van der Waals surface area (Å²) in [5.41, 5.74) is 2.00. The standard InChI is InChI=1S/C20H21NO3/c1-20(2,3)24-19(22)21-17-8-6-5-7-15(17)13-18(21)14-9-11-16(23-4)12-10-14/h5-13H,1-4H3. The maximum Gasteiger partial charge on any atom is 0.419 e. The predicted molar refractivity (Wildman–Crippen MR) is 95.6 cm³/mol. The molecule has 1 aromatic heterocycles. The summed E-state index contributed by atoms with van der Waals surface area (Å²) in [4.78, 5) is 12.8. The number of hydrogen-bond acceptors (Lipinski definition) is 3. The zero-order valence-corrected chi connectivity index (χ0v) is 14.4. The van der Waals surface area contributed by atoms with Crippen LogP contribution >= 0.6 is 0 Å². The molecule has 3 rings (SSSR count). The van der Waals surface area contributed by atoms with Gasteiger partial charge in [-0.1, -0.05) is 18.2 Å². The highest BCUT2D eigenvalue weighted by Gasteiger charge is 2.22. The van der Waals surface area contributed by atoms with Crippen molar-refractivity contribution in [2.24, 2.45) is 0 Å². The lowest BCUT2D eigenvalue weighted by molar-refractivity contribution is 0.0547. The summed E-state index contributed by atoms with van der Waals surface area (Å²) in [6.07, 6.45) is -0.380. The molecule has 0 fully saturated rings. The molecule has 1 heterocycles. The van der Waals surface area contributed by atoms with Gasteiger partial charge in [-0.3, -0.25) is 0 Å². The van der Waals surface area contributed by atoms with Crippen molar-refractivity contribution in [2.45, 2.75) is 26.4 Å². The van der Waals surface area contributed by atoms with Crippen molar-refractivity contribution in [3.63, 3.8) is 0 Å². The fraction of sp³-hybridized carbons (Fsp3) is 0.250. The quantitative estimate of drug-likeness (QED) is 0.659. The highest BCUT2D eigenvalue weighted by atomic mass is 16.6. The molecule has 124 valence electrons. The maximum atomic E-state index is 12.8. The molecule has 0 aliphatic rings. The first-order valence-electron chi connectivity index (χ1n) is 7.87. The summed E-state index contributed by atoms with van der Waals surface area (Å²) in [6, 6.07) is 17.4. The van der Waals surface area contributed by atoms with Crippen molar-refractivity contribution in [3.05, 3.63) is 54.6 Å². The Morgan fingerprint density at radius 3 is 2.29 bits per heavy atom.